The molecule has 1 spiro atoms. The van der Waals surface area contributed by atoms with E-state index in [2.05, 4.69) is 27.7 Å². The van der Waals surface area contributed by atoms with Crippen molar-refractivity contribution in [3.8, 4) is 0 Å². The van der Waals surface area contributed by atoms with Gasteiger partial charge in [-0.3, -0.25) is 0 Å². The van der Waals surface area contributed by atoms with Gasteiger partial charge in [-0.25, -0.2) is 0 Å². The molecule has 3 heteroatoms. The van der Waals surface area contributed by atoms with Gasteiger partial charge >= 0.3 is 0 Å². The van der Waals surface area contributed by atoms with Crippen LogP contribution in [0.4, 0.5) is 0 Å². The third-order valence-corrected chi connectivity index (χ3v) is 11.9. The Bertz CT molecular complexity index is 694. The maximum Gasteiger partial charge on any atom is 0.197 e. The van der Waals surface area contributed by atoms with Crippen molar-refractivity contribution in [2.24, 2.45) is 52.3 Å². The fourth-order valence-electron chi connectivity index (χ4n) is 10.5. The molecule has 2 saturated heterocycles. The average molecular weight is 417 g/mol. The second-order valence-electron chi connectivity index (χ2n) is 13.0. The summed E-state index contributed by atoms with van der Waals surface area (Å²) in [4.78, 5) is 0. The number of ether oxygens (including phenoxy) is 2. The lowest BCUT2D eigenvalue weighted by atomic mass is 9.44. The van der Waals surface area contributed by atoms with Gasteiger partial charge in [-0.2, -0.15) is 0 Å². The number of aliphatic hydroxyl groups excluding tert-OH is 1. The number of hydrogen-bond donors (Lipinski definition) is 1. The van der Waals surface area contributed by atoms with Crippen LogP contribution >= 0.6 is 0 Å². The molecule has 0 aromatic carbocycles. The zero-order chi connectivity index (χ0) is 20.9. The summed E-state index contributed by atoms with van der Waals surface area (Å²) in [6, 6.07) is 0. The largest absolute Gasteiger partial charge is 0.387 e. The maximum absolute atomic E-state index is 11.0. The Labute approximate surface area is 183 Å². The molecule has 2 heterocycles. The van der Waals surface area contributed by atoms with Gasteiger partial charge in [0, 0.05) is 5.92 Å². The normalized spacial score (nSPS) is 62.5. The highest BCUT2D eigenvalue weighted by Crippen LogP contribution is 2.71. The molecule has 1 N–H and O–H groups in total. The Kier molecular flexibility index (Phi) is 4.58. The molecule has 0 aromatic heterocycles. The molecule has 0 radical (unpaired) electrons. The molecule has 2 aliphatic heterocycles. The quantitative estimate of drug-likeness (QED) is 0.543. The highest BCUT2D eigenvalue weighted by atomic mass is 16.7. The highest BCUT2D eigenvalue weighted by molar-refractivity contribution is 5.16. The molecule has 12 atom stereocenters. The van der Waals surface area contributed by atoms with E-state index in [1.807, 2.05) is 0 Å². The Morgan fingerprint density at radius 2 is 1.70 bits per heavy atom. The van der Waals surface area contributed by atoms with Crippen LogP contribution in [0, 0.1) is 52.3 Å². The minimum atomic E-state index is -0.736. The van der Waals surface area contributed by atoms with E-state index in [9.17, 15) is 5.11 Å². The topological polar surface area (TPSA) is 38.7 Å². The van der Waals surface area contributed by atoms with E-state index in [0.29, 0.717) is 22.7 Å². The van der Waals surface area contributed by atoms with Crippen LogP contribution in [-0.4, -0.2) is 29.7 Å². The monoisotopic (exact) mass is 416 g/mol. The minimum Gasteiger partial charge on any atom is -0.387 e. The van der Waals surface area contributed by atoms with E-state index >= 15 is 0 Å². The van der Waals surface area contributed by atoms with Crippen LogP contribution in [0.3, 0.4) is 0 Å². The lowest BCUT2D eigenvalue weighted by Gasteiger charge is -2.61. The minimum absolute atomic E-state index is 0.286. The molecule has 6 fully saturated rings. The first kappa shape index (κ1) is 20.5. The number of hydrogen-bond acceptors (Lipinski definition) is 3. The van der Waals surface area contributed by atoms with E-state index < -0.39 is 11.9 Å². The van der Waals surface area contributed by atoms with Gasteiger partial charge in [-0.1, -0.05) is 40.5 Å². The van der Waals surface area contributed by atoms with E-state index in [1.54, 1.807) is 0 Å². The molecule has 170 valence electrons. The summed E-state index contributed by atoms with van der Waals surface area (Å²) in [6.07, 6.45) is 13.4. The SMILES string of the molecule is CC1COC2(OC3CC4C5CCC6CCCCC6(C)C5CCC4(C)C3C2C)C(O)C1. The van der Waals surface area contributed by atoms with Crippen molar-refractivity contribution in [2.75, 3.05) is 6.61 Å². The third-order valence-electron chi connectivity index (χ3n) is 11.9. The zero-order valence-electron chi connectivity index (χ0n) is 19.7. The van der Waals surface area contributed by atoms with Crippen molar-refractivity contribution >= 4 is 0 Å². The Hall–Kier alpha value is -0.120. The second-order valence-corrected chi connectivity index (χ2v) is 13.0. The fourth-order valence-corrected chi connectivity index (χ4v) is 10.5. The van der Waals surface area contributed by atoms with Gasteiger partial charge in [-0.05, 0) is 97.7 Å². The summed E-state index contributed by atoms with van der Waals surface area (Å²) >= 11 is 0. The van der Waals surface area contributed by atoms with Crippen LogP contribution < -0.4 is 0 Å². The Balaban J connectivity index is 1.28. The van der Waals surface area contributed by atoms with Gasteiger partial charge in [0.1, 0.15) is 6.10 Å². The third kappa shape index (κ3) is 2.49. The lowest BCUT2D eigenvalue weighted by molar-refractivity contribution is -0.316. The van der Waals surface area contributed by atoms with Crippen LogP contribution in [0.2, 0.25) is 0 Å². The van der Waals surface area contributed by atoms with Crippen molar-refractivity contribution in [1.29, 1.82) is 0 Å². The molecule has 6 rings (SSSR count). The number of fused-ring (bicyclic) bond motifs is 7. The standard InChI is InChI=1S/C27H44O3/c1-16-13-23(28)27(29-15-16)17(2)24-22(30-27)14-21-19-9-8-18-7-5-6-11-25(18,3)20(19)10-12-26(21,24)4/h16-24,28H,5-15H2,1-4H3. The van der Waals surface area contributed by atoms with Crippen LogP contribution in [0.5, 0.6) is 0 Å². The van der Waals surface area contributed by atoms with Gasteiger partial charge < -0.3 is 14.6 Å². The van der Waals surface area contributed by atoms with Crippen LogP contribution in [-0.2, 0) is 9.47 Å². The number of rotatable bonds is 0. The smallest absolute Gasteiger partial charge is 0.197 e. The van der Waals surface area contributed by atoms with Gasteiger partial charge in [0.25, 0.3) is 0 Å². The molecule has 3 nitrogen and oxygen atoms in total. The summed E-state index contributed by atoms with van der Waals surface area (Å²) in [7, 11) is 0. The van der Waals surface area contributed by atoms with Gasteiger partial charge in [-0.15, -0.1) is 0 Å². The molecular weight excluding hydrogens is 372 g/mol. The molecule has 0 amide bonds. The number of aliphatic hydroxyl groups is 1. The first-order valence-corrected chi connectivity index (χ1v) is 13.3. The molecule has 4 saturated carbocycles. The van der Waals surface area contributed by atoms with Crippen LogP contribution in [0.25, 0.3) is 0 Å². The lowest BCUT2D eigenvalue weighted by Crippen LogP contribution is -2.57. The van der Waals surface area contributed by atoms with Crippen molar-refractivity contribution < 1.29 is 14.6 Å². The predicted molar refractivity (Wildman–Crippen MR) is 118 cm³/mol. The second kappa shape index (κ2) is 6.70. The van der Waals surface area contributed by atoms with Crippen molar-refractivity contribution in [3.05, 3.63) is 0 Å². The van der Waals surface area contributed by atoms with E-state index in [0.717, 1.165) is 36.7 Å². The fraction of sp³-hybridized carbons (Fsp3) is 1.00. The Morgan fingerprint density at radius 3 is 2.50 bits per heavy atom. The van der Waals surface area contributed by atoms with Gasteiger partial charge in [0.2, 0.25) is 0 Å². The van der Waals surface area contributed by atoms with Crippen molar-refractivity contribution in [1.82, 2.24) is 0 Å². The van der Waals surface area contributed by atoms with Gasteiger partial charge in [0.05, 0.1) is 12.7 Å². The maximum atomic E-state index is 11.0. The summed E-state index contributed by atoms with van der Waals surface area (Å²) < 4.78 is 13.1. The van der Waals surface area contributed by atoms with E-state index in [1.165, 1.54) is 57.8 Å². The van der Waals surface area contributed by atoms with Crippen LogP contribution in [0.15, 0.2) is 0 Å². The average Bonchev–Trinajstić information content (AvgIpc) is 3.16. The van der Waals surface area contributed by atoms with Crippen molar-refractivity contribution in [2.45, 2.75) is 110 Å². The van der Waals surface area contributed by atoms with Crippen molar-refractivity contribution in [3.63, 3.8) is 0 Å². The molecular formula is C27H44O3. The molecule has 0 bridgehead atoms. The summed E-state index contributed by atoms with van der Waals surface area (Å²) in [5, 5.41) is 11.0. The van der Waals surface area contributed by atoms with Crippen LogP contribution in [0.1, 0.15) is 91.9 Å². The zero-order valence-corrected chi connectivity index (χ0v) is 19.7. The van der Waals surface area contributed by atoms with E-state index in [4.69, 9.17) is 9.47 Å². The molecule has 12 unspecified atom stereocenters. The predicted octanol–water partition coefficient (Wildman–Crippen LogP) is 5.79. The van der Waals surface area contributed by atoms with Gasteiger partial charge in [0.15, 0.2) is 5.79 Å². The first-order valence-electron chi connectivity index (χ1n) is 13.3. The molecule has 4 aliphatic carbocycles. The molecule has 0 aromatic rings. The molecule has 6 aliphatic rings. The highest BCUT2D eigenvalue weighted by Gasteiger charge is 2.70. The summed E-state index contributed by atoms with van der Waals surface area (Å²) in [6.45, 7) is 10.5. The Morgan fingerprint density at radius 1 is 0.867 bits per heavy atom. The van der Waals surface area contributed by atoms with E-state index in [-0.39, 0.29) is 12.0 Å². The molecule has 30 heavy (non-hydrogen) atoms. The summed E-state index contributed by atoms with van der Waals surface area (Å²) in [5.41, 5.74) is 0.964. The first-order chi connectivity index (χ1) is 14.3. The summed E-state index contributed by atoms with van der Waals surface area (Å²) in [5.74, 6) is 4.16.